The van der Waals surface area contributed by atoms with Crippen LogP contribution in [0.2, 0.25) is 0 Å². The normalized spacial score (nSPS) is 14.4. The topological polar surface area (TPSA) is 61.5 Å². The number of nitrogens with two attached hydrogens (primary N) is 1. The van der Waals surface area contributed by atoms with Crippen LogP contribution >= 0.6 is 0 Å². The Morgan fingerprint density at radius 1 is 1.29 bits per heavy atom. The molecule has 0 fully saturated rings. The van der Waals surface area contributed by atoms with Crippen LogP contribution < -0.4 is 10.5 Å². The highest BCUT2D eigenvalue weighted by atomic mass is 19.1. The molecule has 0 aliphatic carbocycles. The third kappa shape index (κ3) is 4.43. The van der Waals surface area contributed by atoms with Crippen molar-refractivity contribution >= 4 is 5.97 Å². The van der Waals surface area contributed by atoms with E-state index in [1.807, 2.05) is 0 Å². The highest BCUT2D eigenvalue weighted by Crippen LogP contribution is 2.36. The lowest BCUT2D eigenvalue weighted by atomic mass is 9.78. The first-order valence-corrected chi connectivity index (χ1v) is 6.88. The Bertz CT molecular complexity index is 511. The van der Waals surface area contributed by atoms with Crippen molar-refractivity contribution in [1.82, 2.24) is 0 Å². The number of methoxy groups -OCH3 is 1. The van der Waals surface area contributed by atoms with Gasteiger partial charge in [0.2, 0.25) is 0 Å². The van der Waals surface area contributed by atoms with Crippen molar-refractivity contribution in [2.24, 2.45) is 5.73 Å². The summed E-state index contributed by atoms with van der Waals surface area (Å²) in [5, 5.41) is 0. The Hall–Kier alpha value is -1.62. The summed E-state index contributed by atoms with van der Waals surface area (Å²) in [6.07, 6.45) is -0.0158. The molecule has 0 saturated carbocycles. The minimum Gasteiger partial charge on any atom is -0.496 e. The van der Waals surface area contributed by atoms with E-state index in [-0.39, 0.29) is 13.0 Å². The van der Waals surface area contributed by atoms with Crippen LogP contribution in [-0.2, 0) is 14.9 Å². The number of esters is 1. The molecule has 0 radical (unpaired) electrons. The second-order valence-corrected chi connectivity index (χ2v) is 6.35. The van der Waals surface area contributed by atoms with Crippen molar-refractivity contribution in [3.05, 3.63) is 29.6 Å². The van der Waals surface area contributed by atoms with E-state index < -0.39 is 22.8 Å². The summed E-state index contributed by atoms with van der Waals surface area (Å²) in [5.74, 6) is -0.474. The number of ether oxygens (including phenoxy) is 2. The Balaban J connectivity index is 3.13. The molecule has 1 rings (SSSR count). The van der Waals surface area contributed by atoms with E-state index in [1.165, 1.54) is 13.2 Å². The molecular weight excluding hydrogens is 273 g/mol. The molecule has 21 heavy (non-hydrogen) atoms. The van der Waals surface area contributed by atoms with E-state index >= 15 is 0 Å². The van der Waals surface area contributed by atoms with Crippen LogP contribution in [0.5, 0.6) is 5.75 Å². The van der Waals surface area contributed by atoms with E-state index in [9.17, 15) is 9.18 Å². The monoisotopic (exact) mass is 297 g/mol. The largest absolute Gasteiger partial charge is 0.496 e. The van der Waals surface area contributed by atoms with Crippen LogP contribution in [0.1, 0.15) is 39.7 Å². The van der Waals surface area contributed by atoms with Gasteiger partial charge in [0.15, 0.2) is 0 Å². The molecule has 1 unspecified atom stereocenters. The lowest BCUT2D eigenvalue weighted by molar-refractivity contribution is -0.156. The minimum atomic E-state index is -0.890. The number of carbonyl (C=O) groups excluding carboxylic acids is 1. The van der Waals surface area contributed by atoms with Crippen molar-refractivity contribution in [3.63, 3.8) is 0 Å². The van der Waals surface area contributed by atoms with Gasteiger partial charge in [0, 0.05) is 17.5 Å². The van der Waals surface area contributed by atoms with Crippen LogP contribution in [0.3, 0.4) is 0 Å². The van der Waals surface area contributed by atoms with E-state index in [1.54, 1.807) is 39.8 Å². The van der Waals surface area contributed by atoms with Gasteiger partial charge < -0.3 is 15.2 Å². The Kier molecular flexibility index (Phi) is 5.34. The van der Waals surface area contributed by atoms with Crippen LogP contribution in [0.15, 0.2) is 18.2 Å². The zero-order valence-electron chi connectivity index (χ0n) is 13.3. The molecule has 0 saturated heterocycles. The quantitative estimate of drug-likeness (QED) is 0.849. The second kappa shape index (κ2) is 6.43. The van der Waals surface area contributed by atoms with E-state index in [2.05, 4.69) is 0 Å². The summed E-state index contributed by atoms with van der Waals surface area (Å²) in [6.45, 7) is 7.19. The third-order valence-electron chi connectivity index (χ3n) is 3.20. The Morgan fingerprint density at radius 2 is 1.90 bits per heavy atom. The molecule has 0 heterocycles. The lowest BCUT2D eigenvalue weighted by Gasteiger charge is -2.31. The number of hydrogen-bond donors (Lipinski definition) is 1. The summed E-state index contributed by atoms with van der Waals surface area (Å²) >= 11 is 0. The van der Waals surface area contributed by atoms with E-state index in [4.69, 9.17) is 15.2 Å². The van der Waals surface area contributed by atoms with Crippen LogP contribution in [0.25, 0.3) is 0 Å². The van der Waals surface area contributed by atoms with Gasteiger partial charge in [-0.3, -0.25) is 4.79 Å². The highest BCUT2D eigenvalue weighted by Gasteiger charge is 2.35. The van der Waals surface area contributed by atoms with Gasteiger partial charge in [0.25, 0.3) is 0 Å². The predicted octanol–water partition coefficient (Wildman–Crippen LogP) is 2.78. The van der Waals surface area contributed by atoms with Crippen LogP contribution in [-0.4, -0.2) is 25.2 Å². The maximum absolute atomic E-state index is 14.2. The SMILES string of the molecule is COc1cccc(F)c1C(C)(CN)CC(=O)OC(C)(C)C. The number of benzene rings is 1. The maximum atomic E-state index is 14.2. The lowest BCUT2D eigenvalue weighted by Crippen LogP contribution is -2.37. The first kappa shape index (κ1) is 17.4. The van der Waals surface area contributed by atoms with Crippen molar-refractivity contribution < 1.29 is 18.7 Å². The van der Waals surface area contributed by atoms with Gasteiger partial charge in [0.05, 0.1) is 13.5 Å². The van der Waals surface area contributed by atoms with Crippen molar-refractivity contribution in [2.75, 3.05) is 13.7 Å². The highest BCUT2D eigenvalue weighted by molar-refractivity contribution is 5.72. The van der Waals surface area contributed by atoms with Gasteiger partial charge >= 0.3 is 5.97 Å². The third-order valence-corrected chi connectivity index (χ3v) is 3.20. The van der Waals surface area contributed by atoms with Gasteiger partial charge in [-0.25, -0.2) is 4.39 Å². The fraction of sp³-hybridized carbons (Fsp3) is 0.562. The molecule has 0 aromatic heterocycles. The molecule has 4 nitrogen and oxygen atoms in total. The number of rotatable bonds is 5. The molecule has 1 atom stereocenters. The first-order valence-electron chi connectivity index (χ1n) is 6.88. The summed E-state index contributed by atoms with van der Waals surface area (Å²) in [5.41, 5.74) is 4.64. The van der Waals surface area contributed by atoms with Gasteiger partial charge in [0.1, 0.15) is 17.2 Å². The summed E-state index contributed by atoms with van der Waals surface area (Å²) in [7, 11) is 1.46. The van der Waals surface area contributed by atoms with Crippen molar-refractivity contribution in [3.8, 4) is 5.75 Å². The summed E-state index contributed by atoms with van der Waals surface area (Å²) < 4.78 is 24.7. The maximum Gasteiger partial charge on any atom is 0.307 e. The minimum absolute atomic E-state index is 0.0158. The zero-order valence-corrected chi connectivity index (χ0v) is 13.3. The van der Waals surface area contributed by atoms with Gasteiger partial charge in [-0.05, 0) is 32.9 Å². The smallest absolute Gasteiger partial charge is 0.307 e. The number of hydrogen-bond acceptors (Lipinski definition) is 4. The van der Waals surface area contributed by atoms with Crippen molar-refractivity contribution in [2.45, 2.75) is 45.1 Å². The second-order valence-electron chi connectivity index (χ2n) is 6.35. The molecular formula is C16H24FNO3. The number of carbonyl (C=O) groups is 1. The first-order chi connectivity index (χ1) is 9.63. The average molecular weight is 297 g/mol. The van der Waals surface area contributed by atoms with Crippen molar-refractivity contribution in [1.29, 1.82) is 0 Å². The van der Waals surface area contributed by atoms with Crippen LogP contribution in [0.4, 0.5) is 4.39 Å². The Labute approximate surface area is 125 Å². The molecule has 5 heteroatoms. The molecule has 0 aliphatic heterocycles. The molecule has 1 aromatic rings. The molecule has 0 spiro atoms. The summed E-state index contributed by atoms with van der Waals surface area (Å²) in [6, 6.07) is 4.55. The predicted molar refractivity (Wildman–Crippen MR) is 79.8 cm³/mol. The fourth-order valence-corrected chi connectivity index (χ4v) is 2.22. The van der Waals surface area contributed by atoms with E-state index in [0.29, 0.717) is 11.3 Å². The molecule has 118 valence electrons. The van der Waals surface area contributed by atoms with Crippen LogP contribution in [0, 0.1) is 5.82 Å². The number of halogens is 1. The van der Waals surface area contributed by atoms with Gasteiger partial charge in [-0.2, -0.15) is 0 Å². The summed E-state index contributed by atoms with van der Waals surface area (Å²) in [4.78, 5) is 12.1. The molecule has 0 aliphatic rings. The standard InChI is InChI=1S/C16H24FNO3/c1-15(2,3)21-13(19)9-16(4,10-18)14-11(17)7-6-8-12(14)20-5/h6-8H,9-10,18H2,1-5H3. The zero-order chi connectivity index (χ0) is 16.3. The molecule has 1 aromatic carbocycles. The van der Waals surface area contributed by atoms with E-state index in [0.717, 1.165) is 0 Å². The molecule has 0 amide bonds. The Morgan fingerprint density at radius 3 is 2.38 bits per heavy atom. The average Bonchev–Trinajstić information content (AvgIpc) is 2.35. The molecule has 0 bridgehead atoms. The van der Waals surface area contributed by atoms with Gasteiger partial charge in [-0.1, -0.05) is 13.0 Å². The molecule has 2 N–H and O–H groups in total. The fourth-order valence-electron chi connectivity index (χ4n) is 2.22. The van der Waals surface area contributed by atoms with Gasteiger partial charge in [-0.15, -0.1) is 0 Å².